The van der Waals surface area contributed by atoms with Crippen LogP contribution in [-0.4, -0.2) is 5.16 Å². The molecule has 1 aromatic heterocycles. The smallest absolute Gasteiger partial charge is 0.222 e. The molecule has 0 radical (unpaired) electrons. The first-order valence-corrected chi connectivity index (χ1v) is 3.92. The van der Waals surface area contributed by atoms with Crippen LogP contribution in [-0.2, 0) is 0 Å². The third kappa shape index (κ3) is 0.914. The molecule has 3 heteroatoms. The summed E-state index contributed by atoms with van der Waals surface area (Å²) in [7, 11) is 0. The van der Waals surface area contributed by atoms with Crippen molar-refractivity contribution in [1.29, 1.82) is 0 Å². The Kier molecular flexibility index (Phi) is 1.22. The van der Waals surface area contributed by atoms with Gasteiger partial charge in [-0.15, -0.1) is 0 Å². The van der Waals surface area contributed by atoms with E-state index < -0.39 is 0 Å². The largest absolute Gasteiger partial charge is 0.368 e. The minimum atomic E-state index is 0.423. The quantitative estimate of drug-likeness (QED) is 0.665. The highest BCUT2D eigenvalue weighted by Crippen LogP contribution is 2.52. The van der Waals surface area contributed by atoms with Gasteiger partial charge in [0, 0.05) is 12.0 Å². The van der Waals surface area contributed by atoms with E-state index in [2.05, 4.69) is 19.0 Å². The second kappa shape index (κ2) is 2.00. The zero-order chi connectivity index (χ0) is 8.01. The molecule has 0 spiro atoms. The Bertz CT molecular complexity index is 261. The first kappa shape index (κ1) is 6.70. The number of rotatable bonds is 1. The Morgan fingerprint density at radius 1 is 1.45 bits per heavy atom. The summed E-state index contributed by atoms with van der Waals surface area (Å²) in [6.07, 6.45) is 0. The molecular formula is C8H12N2O. The maximum Gasteiger partial charge on any atom is 0.222 e. The number of hydrogen-bond acceptors (Lipinski definition) is 3. The van der Waals surface area contributed by atoms with Crippen molar-refractivity contribution in [2.75, 3.05) is 5.73 Å². The van der Waals surface area contributed by atoms with Crippen molar-refractivity contribution >= 4 is 5.88 Å². The number of nitrogens with two attached hydrogens (primary N) is 1. The van der Waals surface area contributed by atoms with Crippen molar-refractivity contribution < 1.29 is 4.52 Å². The lowest BCUT2D eigenvalue weighted by molar-refractivity contribution is 0.426. The summed E-state index contributed by atoms with van der Waals surface area (Å²) >= 11 is 0. The molecule has 2 rings (SSSR count). The molecule has 1 aliphatic rings. The molecular weight excluding hydrogens is 140 g/mol. The predicted molar refractivity (Wildman–Crippen MR) is 42.0 cm³/mol. The molecule has 0 bridgehead atoms. The Balaban J connectivity index is 2.19. The van der Waals surface area contributed by atoms with Gasteiger partial charge in [0.1, 0.15) is 0 Å². The van der Waals surface area contributed by atoms with Crippen LogP contribution in [0.15, 0.2) is 10.6 Å². The number of aromatic nitrogens is 1. The zero-order valence-electron chi connectivity index (χ0n) is 6.74. The molecule has 3 nitrogen and oxygen atoms in total. The average molecular weight is 152 g/mol. The van der Waals surface area contributed by atoms with Crippen LogP contribution in [0.25, 0.3) is 0 Å². The van der Waals surface area contributed by atoms with Crippen LogP contribution in [0.4, 0.5) is 5.88 Å². The van der Waals surface area contributed by atoms with E-state index in [4.69, 9.17) is 10.3 Å². The van der Waals surface area contributed by atoms with Crippen molar-refractivity contribution in [3.05, 3.63) is 11.8 Å². The Hall–Kier alpha value is -0.990. The molecule has 2 N–H and O–H groups in total. The fourth-order valence-electron chi connectivity index (χ4n) is 1.66. The van der Waals surface area contributed by atoms with E-state index in [0.717, 1.165) is 17.5 Å². The molecule has 1 unspecified atom stereocenters. The lowest BCUT2D eigenvalue weighted by atomic mass is 10.2. The van der Waals surface area contributed by atoms with Gasteiger partial charge in [-0.05, 0) is 11.8 Å². The van der Waals surface area contributed by atoms with Gasteiger partial charge in [0.25, 0.3) is 0 Å². The van der Waals surface area contributed by atoms with Gasteiger partial charge in [-0.25, -0.2) is 0 Å². The monoisotopic (exact) mass is 152 g/mol. The van der Waals surface area contributed by atoms with Gasteiger partial charge in [-0.2, -0.15) is 0 Å². The fourth-order valence-corrected chi connectivity index (χ4v) is 1.66. The fraction of sp³-hybridized carbons (Fsp3) is 0.625. The molecule has 0 amide bonds. The Labute approximate surface area is 65.6 Å². The van der Waals surface area contributed by atoms with Crippen LogP contribution in [0, 0.1) is 11.8 Å². The summed E-state index contributed by atoms with van der Waals surface area (Å²) in [6.45, 7) is 4.44. The summed E-state index contributed by atoms with van der Waals surface area (Å²) in [5.74, 6) is 2.47. The van der Waals surface area contributed by atoms with Crippen molar-refractivity contribution in [2.45, 2.75) is 19.8 Å². The topological polar surface area (TPSA) is 52.0 Å². The van der Waals surface area contributed by atoms with E-state index in [-0.39, 0.29) is 0 Å². The summed E-state index contributed by atoms with van der Waals surface area (Å²) in [5, 5.41) is 3.88. The van der Waals surface area contributed by atoms with Crippen molar-refractivity contribution in [3.63, 3.8) is 0 Å². The predicted octanol–water partition coefficient (Wildman–Crippen LogP) is 1.63. The second-order valence-electron chi connectivity index (χ2n) is 3.40. The maximum absolute atomic E-state index is 5.41. The molecule has 1 heterocycles. The van der Waals surface area contributed by atoms with E-state index >= 15 is 0 Å². The highest BCUT2D eigenvalue weighted by Gasteiger charge is 2.45. The van der Waals surface area contributed by atoms with E-state index in [1.807, 2.05) is 6.07 Å². The highest BCUT2D eigenvalue weighted by molar-refractivity contribution is 5.30. The summed E-state index contributed by atoms with van der Waals surface area (Å²) < 4.78 is 4.79. The summed E-state index contributed by atoms with van der Waals surface area (Å²) in [6, 6.07) is 1.82. The number of nitrogens with zero attached hydrogens (tertiary/aromatic N) is 1. The van der Waals surface area contributed by atoms with Crippen LogP contribution in [0.1, 0.15) is 25.5 Å². The van der Waals surface area contributed by atoms with Gasteiger partial charge in [-0.3, -0.25) is 0 Å². The average Bonchev–Trinajstić information content (AvgIpc) is 2.44. The van der Waals surface area contributed by atoms with Gasteiger partial charge in [0.15, 0.2) is 0 Å². The summed E-state index contributed by atoms with van der Waals surface area (Å²) in [5.41, 5.74) is 6.42. The number of nitrogen functional groups attached to an aromatic ring is 1. The molecule has 3 atom stereocenters. The number of anilines is 1. The molecule has 0 saturated heterocycles. The Morgan fingerprint density at radius 2 is 2.09 bits per heavy atom. The van der Waals surface area contributed by atoms with Gasteiger partial charge >= 0.3 is 0 Å². The van der Waals surface area contributed by atoms with Crippen LogP contribution < -0.4 is 5.73 Å². The highest BCUT2D eigenvalue weighted by atomic mass is 16.5. The van der Waals surface area contributed by atoms with E-state index in [0.29, 0.717) is 11.8 Å². The standard InChI is InChI=1S/C8H12N2O/c1-4-5(2)8(4)6-3-7(9)11-10-6/h3-5,8H,9H2,1-2H3/t4-,5+,8?. The van der Waals surface area contributed by atoms with Gasteiger partial charge < -0.3 is 10.3 Å². The molecule has 11 heavy (non-hydrogen) atoms. The van der Waals surface area contributed by atoms with E-state index in [1.165, 1.54) is 0 Å². The van der Waals surface area contributed by atoms with Gasteiger partial charge in [0.2, 0.25) is 5.88 Å². The van der Waals surface area contributed by atoms with Crippen LogP contribution in [0.2, 0.25) is 0 Å². The third-order valence-corrected chi connectivity index (χ3v) is 2.71. The van der Waals surface area contributed by atoms with E-state index in [9.17, 15) is 0 Å². The van der Waals surface area contributed by atoms with Crippen LogP contribution >= 0.6 is 0 Å². The molecule has 1 saturated carbocycles. The Morgan fingerprint density at radius 3 is 2.45 bits per heavy atom. The van der Waals surface area contributed by atoms with Crippen LogP contribution in [0.3, 0.4) is 0 Å². The van der Waals surface area contributed by atoms with Crippen molar-refractivity contribution in [1.82, 2.24) is 5.16 Å². The molecule has 1 aliphatic carbocycles. The van der Waals surface area contributed by atoms with Crippen molar-refractivity contribution in [3.8, 4) is 0 Å². The minimum Gasteiger partial charge on any atom is -0.368 e. The first-order valence-electron chi connectivity index (χ1n) is 3.92. The minimum absolute atomic E-state index is 0.423. The molecule has 1 aromatic rings. The van der Waals surface area contributed by atoms with Gasteiger partial charge in [-0.1, -0.05) is 19.0 Å². The maximum atomic E-state index is 5.41. The lowest BCUT2D eigenvalue weighted by Gasteiger charge is -1.84. The first-order chi connectivity index (χ1) is 5.20. The molecule has 1 fully saturated rings. The molecule has 60 valence electrons. The lowest BCUT2D eigenvalue weighted by Crippen LogP contribution is -1.80. The van der Waals surface area contributed by atoms with E-state index in [1.54, 1.807) is 0 Å². The normalized spacial score (nSPS) is 35.6. The zero-order valence-corrected chi connectivity index (χ0v) is 6.74. The van der Waals surface area contributed by atoms with Crippen molar-refractivity contribution in [2.24, 2.45) is 11.8 Å². The second-order valence-corrected chi connectivity index (χ2v) is 3.40. The SMILES string of the molecule is C[C@@H]1C(c2cc(N)on2)[C@@H]1C. The van der Waals surface area contributed by atoms with Crippen LogP contribution in [0.5, 0.6) is 0 Å². The molecule has 0 aromatic carbocycles. The number of hydrogen-bond donors (Lipinski definition) is 1. The third-order valence-electron chi connectivity index (χ3n) is 2.71. The van der Waals surface area contributed by atoms with Gasteiger partial charge in [0.05, 0.1) is 5.69 Å². The molecule has 0 aliphatic heterocycles. The summed E-state index contributed by atoms with van der Waals surface area (Å²) in [4.78, 5) is 0.